The van der Waals surface area contributed by atoms with Crippen LogP contribution >= 0.6 is 11.6 Å². The molecule has 14 heavy (non-hydrogen) atoms. The first kappa shape index (κ1) is 10.9. The average molecular weight is 214 g/mol. The maximum absolute atomic E-state index is 11.0. The summed E-state index contributed by atoms with van der Waals surface area (Å²) in [6, 6.07) is 5.56. The predicted octanol–water partition coefficient (Wildman–Crippen LogP) is 2.80. The number of nitrogens with zero attached hydrogens (tertiary/aromatic N) is 1. The first-order valence-corrected chi connectivity index (χ1v) is 4.52. The van der Waals surface area contributed by atoms with Crippen molar-refractivity contribution in [1.82, 2.24) is 0 Å². The molecule has 0 saturated heterocycles. The van der Waals surface area contributed by atoms with Gasteiger partial charge in [0.25, 0.3) is 0 Å². The van der Waals surface area contributed by atoms with Crippen LogP contribution in [0.25, 0.3) is 0 Å². The van der Waals surface area contributed by atoms with Crippen LogP contribution in [0.1, 0.15) is 5.56 Å². The van der Waals surface area contributed by atoms with Gasteiger partial charge in [-0.3, -0.25) is 9.69 Å². The maximum atomic E-state index is 11.0. The van der Waals surface area contributed by atoms with Crippen LogP contribution in [0.15, 0.2) is 18.2 Å². The number of benzene rings is 1. The van der Waals surface area contributed by atoms with E-state index in [0.717, 1.165) is 5.56 Å². The Balaban J connectivity index is 3.16. The SMILES string of the molecule is COc1ccc(C)cc1N(C)C(=O)Cl. The van der Waals surface area contributed by atoms with Gasteiger partial charge in [-0.1, -0.05) is 6.07 Å². The molecule has 1 amide bonds. The normalized spacial score (nSPS) is 9.71. The van der Waals surface area contributed by atoms with Gasteiger partial charge >= 0.3 is 5.37 Å². The topological polar surface area (TPSA) is 29.5 Å². The minimum Gasteiger partial charge on any atom is -0.495 e. The van der Waals surface area contributed by atoms with Gasteiger partial charge < -0.3 is 4.74 Å². The molecular formula is C10H12ClNO2. The molecule has 0 saturated carbocycles. The van der Waals surface area contributed by atoms with Gasteiger partial charge in [0.05, 0.1) is 12.8 Å². The predicted molar refractivity (Wildman–Crippen MR) is 57.4 cm³/mol. The standard InChI is InChI=1S/C10H12ClNO2/c1-7-4-5-9(14-3)8(6-7)12(2)10(11)13/h4-6H,1-3H3. The molecule has 0 atom stereocenters. The summed E-state index contributed by atoms with van der Waals surface area (Å²) >= 11 is 5.38. The highest BCUT2D eigenvalue weighted by atomic mass is 35.5. The molecule has 0 spiro atoms. The average Bonchev–Trinajstić information content (AvgIpc) is 2.16. The zero-order chi connectivity index (χ0) is 10.7. The number of ether oxygens (including phenoxy) is 1. The molecule has 0 aliphatic rings. The minimum atomic E-state index is -0.533. The Hall–Kier alpha value is -1.22. The van der Waals surface area contributed by atoms with Gasteiger partial charge in [-0.25, -0.2) is 0 Å². The second-order valence-electron chi connectivity index (χ2n) is 2.99. The second kappa shape index (κ2) is 4.33. The quantitative estimate of drug-likeness (QED) is 0.559. The van der Waals surface area contributed by atoms with Gasteiger partial charge in [-0.05, 0) is 36.2 Å². The van der Waals surface area contributed by atoms with Crippen molar-refractivity contribution < 1.29 is 9.53 Å². The van der Waals surface area contributed by atoms with Crippen LogP contribution in [-0.4, -0.2) is 19.5 Å². The van der Waals surface area contributed by atoms with E-state index < -0.39 is 5.37 Å². The van der Waals surface area contributed by atoms with E-state index in [1.54, 1.807) is 20.2 Å². The lowest BCUT2D eigenvalue weighted by molar-refractivity contribution is 0.265. The van der Waals surface area contributed by atoms with Crippen LogP contribution in [0.3, 0.4) is 0 Å². The number of halogens is 1. The van der Waals surface area contributed by atoms with E-state index in [0.29, 0.717) is 11.4 Å². The largest absolute Gasteiger partial charge is 0.495 e. The highest BCUT2D eigenvalue weighted by molar-refractivity contribution is 6.66. The number of carbonyl (C=O) groups is 1. The summed E-state index contributed by atoms with van der Waals surface area (Å²) in [7, 11) is 3.16. The van der Waals surface area contributed by atoms with Crippen LogP contribution in [0.2, 0.25) is 0 Å². The van der Waals surface area contributed by atoms with Crippen molar-refractivity contribution in [3.8, 4) is 5.75 Å². The summed E-state index contributed by atoms with van der Waals surface area (Å²) < 4.78 is 5.12. The number of amides is 1. The first-order valence-electron chi connectivity index (χ1n) is 4.14. The number of hydrogen-bond donors (Lipinski definition) is 0. The van der Waals surface area contributed by atoms with E-state index in [1.807, 2.05) is 19.1 Å². The summed E-state index contributed by atoms with van der Waals surface area (Å²) in [5.41, 5.74) is 1.72. The fourth-order valence-electron chi connectivity index (χ4n) is 1.16. The maximum Gasteiger partial charge on any atom is 0.320 e. The van der Waals surface area contributed by atoms with Crippen molar-refractivity contribution in [3.05, 3.63) is 23.8 Å². The lowest BCUT2D eigenvalue weighted by Gasteiger charge is -2.17. The van der Waals surface area contributed by atoms with E-state index >= 15 is 0 Å². The molecule has 1 aromatic rings. The Bertz CT molecular complexity index is 352. The van der Waals surface area contributed by atoms with Crippen LogP contribution in [0.5, 0.6) is 5.75 Å². The van der Waals surface area contributed by atoms with Crippen LogP contribution < -0.4 is 9.64 Å². The molecule has 0 fully saturated rings. The first-order chi connectivity index (χ1) is 6.56. The van der Waals surface area contributed by atoms with Crippen molar-refractivity contribution in [2.45, 2.75) is 6.92 Å². The molecular weight excluding hydrogens is 202 g/mol. The highest BCUT2D eigenvalue weighted by Gasteiger charge is 2.12. The molecule has 0 heterocycles. The Morgan fingerprint density at radius 1 is 1.50 bits per heavy atom. The fraction of sp³-hybridized carbons (Fsp3) is 0.300. The van der Waals surface area contributed by atoms with E-state index in [-0.39, 0.29) is 0 Å². The van der Waals surface area contributed by atoms with Crippen LogP contribution in [-0.2, 0) is 0 Å². The number of methoxy groups -OCH3 is 1. The summed E-state index contributed by atoms with van der Waals surface area (Å²) in [4.78, 5) is 12.3. The summed E-state index contributed by atoms with van der Waals surface area (Å²) in [6.45, 7) is 1.94. The molecule has 0 N–H and O–H groups in total. The van der Waals surface area contributed by atoms with Crippen molar-refractivity contribution in [2.75, 3.05) is 19.1 Å². The Kier molecular flexibility index (Phi) is 3.36. The summed E-state index contributed by atoms with van der Waals surface area (Å²) in [5, 5.41) is -0.533. The van der Waals surface area contributed by atoms with Crippen molar-refractivity contribution in [3.63, 3.8) is 0 Å². The van der Waals surface area contributed by atoms with Crippen LogP contribution in [0.4, 0.5) is 10.5 Å². The van der Waals surface area contributed by atoms with Crippen molar-refractivity contribution >= 4 is 22.7 Å². The minimum absolute atomic E-state index is 0.533. The molecule has 0 aliphatic heterocycles. The molecule has 0 unspecified atom stereocenters. The second-order valence-corrected chi connectivity index (χ2v) is 3.31. The fourth-order valence-corrected chi connectivity index (χ4v) is 1.25. The Morgan fingerprint density at radius 3 is 2.64 bits per heavy atom. The van der Waals surface area contributed by atoms with E-state index in [4.69, 9.17) is 16.3 Å². The van der Waals surface area contributed by atoms with E-state index in [2.05, 4.69) is 0 Å². The van der Waals surface area contributed by atoms with Gasteiger partial charge in [0, 0.05) is 7.05 Å². The molecule has 3 nitrogen and oxygen atoms in total. The molecule has 0 aliphatic carbocycles. The summed E-state index contributed by atoms with van der Waals surface area (Å²) in [6.07, 6.45) is 0. The van der Waals surface area contributed by atoms with Crippen molar-refractivity contribution in [2.24, 2.45) is 0 Å². The number of anilines is 1. The third-order valence-corrected chi connectivity index (χ3v) is 2.21. The lowest BCUT2D eigenvalue weighted by atomic mass is 10.2. The Labute approximate surface area is 88.2 Å². The lowest BCUT2D eigenvalue weighted by Crippen LogP contribution is -2.20. The summed E-state index contributed by atoms with van der Waals surface area (Å²) in [5.74, 6) is 0.632. The smallest absolute Gasteiger partial charge is 0.320 e. The number of rotatable bonds is 2. The van der Waals surface area contributed by atoms with E-state index in [1.165, 1.54) is 4.90 Å². The van der Waals surface area contributed by atoms with Gasteiger partial charge in [0.2, 0.25) is 0 Å². The number of carbonyl (C=O) groups excluding carboxylic acids is 1. The van der Waals surface area contributed by atoms with Crippen molar-refractivity contribution in [1.29, 1.82) is 0 Å². The van der Waals surface area contributed by atoms with Gasteiger partial charge in [0.1, 0.15) is 5.75 Å². The zero-order valence-corrected chi connectivity index (χ0v) is 9.13. The number of hydrogen-bond acceptors (Lipinski definition) is 2. The van der Waals surface area contributed by atoms with E-state index in [9.17, 15) is 4.79 Å². The van der Waals surface area contributed by atoms with Crippen LogP contribution in [0, 0.1) is 6.92 Å². The third-order valence-electron chi connectivity index (χ3n) is 1.96. The Morgan fingerprint density at radius 2 is 2.14 bits per heavy atom. The monoisotopic (exact) mass is 213 g/mol. The molecule has 0 bridgehead atoms. The van der Waals surface area contributed by atoms with Gasteiger partial charge in [-0.15, -0.1) is 0 Å². The molecule has 0 aromatic heterocycles. The molecule has 0 radical (unpaired) electrons. The highest BCUT2D eigenvalue weighted by Crippen LogP contribution is 2.28. The number of aryl methyl sites for hydroxylation is 1. The molecule has 1 rings (SSSR count). The zero-order valence-electron chi connectivity index (χ0n) is 8.37. The van der Waals surface area contributed by atoms with Gasteiger partial charge in [0.15, 0.2) is 0 Å². The molecule has 4 heteroatoms. The third kappa shape index (κ3) is 2.17. The molecule has 1 aromatic carbocycles. The molecule has 76 valence electrons. The van der Waals surface area contributed by atoms with Gasteiger partial charge in [-0.2, -0.15) is 0 Å².